The summed E-state index contributed by atoms with van der Waals surface area (Å²) in [6, 6.07) is 6.13. The van der Waals surface area contributed by atoms with Crippen LogP contribution in [0.25, 0.3) is 11.1 Å². The molecule has 1 aromatic carbocycles. The number of halogens is 1. The first-order valence-electron chi connectivity index (χ1n) is 5.96. The van der Waals surface area contributed by atoms with Gasteiger partial charge in [-0.3, -0.25) is 4.98 Å². The Bertz CT molecular complexity index is 656. The molecule has 0 saturated heterocycles. The lowest BCUT2D eigenvalue weighted by molar-refractivity contribution is 0.0601. The van der Waals surface area contributed by atoms with Crippen LogP contribution in [0, 0.1) is 12.7 Å². The van der Waals surface area contributed by atoms with Gasteiger partial charge in [0.1, 0.15) is 11.6 Å². The monoisotopic (exact) mass is 275 g/mol. The minimum Gasteiger partial charge on any atom is -0.496 e. The highest BCUT2D eigenvalue weighted by molar-refractivity contribution is 5.98. The number of benzene rings is 1. The number of aryl methyl sites for hydroxylation is 1. The van der Waals surface area contributed by atoms with Crippen LogP contribution in [0.4, 0.5) is 4.39 Å². The van der Waals surface area contributed by atoms with Gasteiger partial charge in [0.15, 0.2) is 0 Å². The molecule has 0 amide bonds. The fraction of sp³-hybridized carbons (Fsp3) is 0.200. The third-order valence-electron chi connectivity index (χ3n) is 2.91. The summed E-state index contributed by atoms with van der Waals surface area (Å²) < 4.78 is 24.0. The summed E-state index contributed by atoms with van der Waals surface area (Å²) in [6.07, 6.45) is 1.38. The van der Waals surface area contributed by atoms with Crippen LogP contribution in [0.3, 0.4) is 0 Å². The Morgan fingerprint density at radius 3 is 2.70 bits per heavy atom. The van der Waals surface area contributed by atoms with Gasteiger partial charge in [0.2, 0.25) is 0 Å². The van der Waals surface area contributed by atoms with Crippen LogP contribution >= 0.6 is 0 Å². The smallest absolute Gasteiger partial charge is 0.340 e. The lowest BCUT2D eigenvalue weighted by Crippen LogP contribution is -2.06. The topological polar surface area (TPSA) is 48.4 Å². The minimum atomic E-state index is -0.571. The molecule has 5 heteroatoms. The van der Waals surface area contributed by atoms with Crippen molar-refractivity contribution in [1.82, 2.24) is 4.98 Å². The van der Waals surface area contributed by atoms with E-state index in [0.717, 1.165) is 0 Å². The zero-order valence-corrected chi connectivity index (χ0v) is 11.4. The molecule has 0 aliphatic heterocycles. The predicted octanol–water partition coefficient (Wildman–Crippen LogP) is 2.99. The molecule has 0 unspecified atom stereocenters. The van der Waals surface area contributed by atoms with Gasteiger partial charge in [-0.1, -0.05) is 6.07 Å². The van der Waals surface area contributed by atoms with Crippen LogP contribution in [-0.4, -0.2) is 25.2 Å². The van der Waals surface area contributed by atoms with E-state index in [4.69, 9.17) is 9.47 Å². The van der Waals surface area contributed by atoms with Gasteiger partial charge >= 0.3 is 5.97 Å². The molecule has 0 bridgehead atoms. The summed E-state index contributed by atoms with van der Waals surface area (Å²) in [5, 5.41) is 0. The average Bonchev–Trinajstić information content (AvgIpc) is 2.46. The molecule has 4 nitrogen and oxygen atoms in total. The van der Waals surface area contributed by atoms with Gasteiger partial charge < -0.3 is 9.47 Å². The van der Waals surface area contributed by atoms with Crippen molar-refractivity contribution >= 4 is 5.97 Å². The van der Waals surface area contributed by atoms with Gasteiger partial charge in [0, 0.05) is 17.5 Å². The molecule has 0 spiro atoms. The van der Waals surface area contributed by atoms with E-state index in [9.17, 15) is 9.18 Å². The highest BCUT2D eigenvalue weighted by atomic mass is 19.1. The van der Waals surface area contributed by atoms with Crippen molar-refractivity contribution in [3.63, 3.8) is 0 Å². The third kappa shape index (κ3) is 2.47. The number of carbonyl (C=O) groups is 1. The van der Waals surface area contributed by atoms with Crippen molar-refractivity contribution in [3.05, 3.63) is 47.5 Å². The normalized spacial score (nSPS) is 10.2. The molecule has 2 rings (SSSR count). The van der Waals surface area contributed by atoms with E-state index >= 15 is 0 Å². The lowest BCUT2D eigenvalue weighted by atomic mass is 9.99. The minimum absolute atomic E-state index is 0.196. The van der Waals surface area contributed by atoms with Crippen LogP contribution in [0.1, 0.15) is 16.1 Å². The molecule has 104 valence electrons. The number of nitrogens with zero attached hydrogens (tertiary/aromatic N) is 1. The first kappa shape index (κ1) is 14.0. The van der Waals surface area contributed by atoms with E-state index in [0.29, 0.717) is 17.0 Å². The Morgan fingerprint density at radius 1 is 1.30 bits per heavy atom. The second kappa shape index (κ2) is 5.69. The summed E-state index contributed by atoms with van der Waals surface area (Å²) in [7, 11) is 2.72. The Morgan fingerprint density at radius 2 is 2.05 bits per heavy atom. The number of hydrogen-bond acceptors (Lipinski definition) is 4. The van der Waals surface area contributed by atoms with Gasteiger partial charge in [-0.25, -0.2) is 9.18 Å². The number of pyridine rings is 1. The molecule has 0 N–H and O–H groups in total. The Hall–Kier alpha value is -2.43. The summed E-state index contributed by atoms with van der Waals surface area (Å²) in [5.74, 6) is -0.696. The van der Waals surface area contributed by atoms with Crippen LogP contribution in [0.15, 0.2) is 30.5 Å². The van der Waals surface area contributed by atoms with Gasteiger partial charge in [-0.05, 0) is 25.1 Å². The third-order valence-corrected chi connectivity index (χ3v) is 2.91. The molecule has 0 radical (unpaired) electrons. The number of ether oxygens (including phenoxy) is 2. The Kier molecular flexibility index (Phi) is 3.98. The second-order valence-electron chi connectivity index (χ2n) is 4.18. The number of esters is 1. The Labute approximate surface area is 116 Å². The molecule has 1 aromatic heterocycles. The second-order valence-corrected chi connectivity index (χ2v) is 4.18. The van der Waals surface area contributed by atoms with E-state index in [1.165, 1.54) is 26.5 Å². The van der Waals surface area contributed by atoms with Crippen molar-refractivity contribution in [2.75, 3.05) is 14.2 Å². The van der Waals surface area contributed by atoms with Gasteiger partial charge in [0.25, 0.3) is 0 Å². The molecule has 0 saturated carbocycles. The number of aromatic nitrogens is 1. The maximum atomic E-state index is 14.1. The lowest BCUT2D eigenvalue weighted by Gasteiger charge is -2.13. The van der Waals surface area contributed by atoms with Crippen LogP contribution in [0.5, 0.6) is 5.75 Å². The van der Waals surface area contributed by atoms with Crippen molar-refractivity contribution < 1.29 is 18.7 Å². The average molecular weight is 275 g/mol. The van der Waals surface area contributed by atoms with Gasteiger partial charge in [-0.15, -0.1) is 0 Å². The van der Waals surface area contributed by atoms with Crippen LogP contribution < -0.4 is 4.74 Å². The largest absolute Gasteiger partial charge is 0.496 e. The highest BCUT2D eigenvalue weighted by Crippen LogP contribution is 2.35. The van der Waals surface area contributed by atoms with Crippen molar-refractivity contribution in [2.24, 2.45) is 0 Å². The molecule has 0 fully saturated rings. The van der Waals surface area contributed by atoms with E-state index in [2.05, 4.69) is 4.98 Å². The first-order valence-corrected chi connectivity index (χ1v) is 5.96. The highest BCUT2D eigenvalue weighted by Gasteiger charge is 2.20. The number of hydrogen-bond donors (Lipinski definition) is 0. The summed E-state index contributed by atoms with van der Waals surface area (Å²) >= 11 is 0. The number of rotatable bonds is 3. The summed E-state index contributed by atoms with van der Waals surface area (Å²) in [4.78, 5) is 15.9. The molecular weight excluding hydrogens is 261 g/mol. The number of carbonyl (C=O) groups excluding carboxylic acids is 1. The SMILES string of the molecule is COC(=O)c1cnc(C)cc1-c1c(F)cccc1OC. The van der Waals surface area contributed by atoms with Crippen LogP contribution in [0.2, 0.25) is 0 Å². The summed E-state index contributed by atoms with van der Waals surface area (Å²) in [6.45, 7) is 1.76. The van der Waals surface area contributed by atoms with Gasteiger partial charge in [0.05, 0.1) is 25.3 Å². The van der Waals surface area contributed by atoms with E-state index in [1.54, 1.807) is 25.1 Å². The quantitative estimate of drug-likeness (QED) is 0.808. The van der Waals surface area contributed by atoms with Crippen LogP contribution in [-0.2, 0) is 4.74 Å². The summed E-state index contributed by atoms with van der Waals surface area (Å²) in [5.41, 5.74) is 1.49. The van der Waals surface area contributed by atoms with E-state index < -0.39 is 11.8 Å². The van der Waals surface area contributed by atoms with E-state index in [1.807, 2.05) is 0 Å². The van der Waals surface area contributed by atoms with Crippen molar-refractivity contribution in [3.8, 4) is 16.9 Å². The first-order chi connectivity index (χ1) is 9.58. The predicted molar refractivity (Wildman–Crippen MR) is 72.3 cm³/mol. The molecule has 0 aliphatic rings. The molecule has 1 heterocycles. The van der Waals surface area contributed by atoms with Gasteiger partial charge in [-0.2, -0.15) is 0 Å². The molecular formula is C15H14FNO3. The van der Waals surface area contributed by atoms with Crippen molar-refractivity contribution in [1.29, 1.82) is 0 Å². The Balaban J connectivity index is 2.75. The molecule has 0 aliphatic carbocycles. The zero-order valence-electron chi connectivity index (χ0n) is 11.4. The maximum Gasteiger partial charge on any atom is 0.340 e. The van der Waals surface area contributed by atoms with Crippen molar-refractivity contribution in [2.45, 2.75) is 6.92 Å². The fourth-order valence-corrected chi connectivity index (χ4v) is 1.98. The fourth-order valence-electron chi connectivity index (χ4n) is 1.98. The van der Waals surface area contributed by atoms with E-state index in [-0.39, 0.29) is 11.1 Å². The maximum absolute atomic E-state index is 14.1. The number of methoxy groups -OCH3 is 2. The molecule has 0 atom stereocenters. The molecule has 20 heavy (non-hydrogen) atoms. The standard InChI is InChI=1S/C15H14FNO3/c1-9-7-10(11(8-17-9)15(18)20-3)14-12(16)5-4-6-13(14)19-2/h4-8H,1-3H3. The zero-order chi connectivity index (χ0) is 14.7. The molecule has 2 aromatic rings.